The number of halogens is 3. The Kier molecular flexibility index (Phi) is 6.46. The van der Waals surface area contributed by atoms with E-state index in [1.807, 2.05) is 19.0 Å². The Morgan fingerprint density at radius 2 is 1.89 bits per heavy atom. The number of nitrogens with zero attached hydrogens (tertiary/aromatic N) is 3. The summed E-state index contributed by atoms with van der Waals surface area (Å²) in [5, 5.41) is 4.00. The molecule has 2 N–H and O–H groups in total. The lowest BCUT2D eigenvalue weighted by atomic mass is 9.89. The number of carbonyl (C=O) groups is 1. The number of amides is 1. The van der Waals surface area contributed by atoms with Crippen LogP contribution in [-0.4, -0.2) is 73.5 Å². The van der Waals surface area contributed by atoms with Gasteiger partial charge >= 0.3 is 6.18 Å². The zero-order valence-corrected chi connectivity index (χ0v) is 20.4. The Morgan fingerprint density at radius 3 is 2.57 bits per heavy atom. The predicted octanol–water partition coefficient (Wildman–Crippen LogP) is 3.07. The summed E-state index contributed by atoms with van der Waals surface area (Å²) in [6.07, 6.45) is -5.70. The molecule has 1 amide bonds. The van der Waals surface area contributed by atoms with Crippen LogP contribution in [0.1, 0.15) is 17.4 Å². The zero-order chi connectivity index (χ0) is 26.3. The average molecular weight is 518 g/mol. The predicted molar refractivity (Wildman–Crippen MR) is 128 cm³/mol. The van der Waals surface area contributed by atoms with Crippen LogP contribution in [0.4, 0.5) is 13.2 Å². The van der Waals surface area contributed by atoms with Crippen molar-refractivity contribution < 1.29 is 31.9 Å². The highest BCUT2D eigenvalue weighted by Gasteiger charge is 2.58. The van der Waals surface area contributed by atoms with Gasteiger partial charge < -0.3 is 24.1 Å². The van der Waals surface area contributed by atoms with Crippen LogP contribution in [0.25, 0.3) is 16.7 Å². The molecule has 3 heterocycles. The molecule has 1 aromatic heterocycles. The smallest absolute Gasteiger partial charge is 0.406 e. The number of hydrazine groups is 1. The van der Waals surface area contributed by atoms with Crippen molar-refractivity contribution in [3.05, 3.63) is 65.9 Å². The fourth-order valence-corrected chi connectivity index (χ4v) is 4.57. The summed E-state index contributed by atoms with van der Waals surface area (Å²) in [6.45, 7) is 0.683. The number of alkyl halides is 3. The fraction of sp³-hybridized carbons (Fsp3) is 0.360. The number of oxazole rings is 1. The number of hydrogen-bond donors (Lipinski definition) is 2. The van der Waals surface area contributed by atoms with Crippen molar-refractivity contribution in [1.29, 1.82) is 0 Å². The summed E-state index contributed by atoms with van der Waals surface area (Å²) < 4.78 is 59.6. The van der Waals surface area contributed by atoms with Crippen LogP contribution < -0.4 is 15.5 Å². The number of ether oxygens (including phenoxy) is 2. The van der Waals surface area contributed by atoms with Crippen molar-refractivity contribution in [3.63, 3.8) is 0 Å². The second kappa shape index (κ2) is 9.60. The van der Waals surface area contributed by atoms with E-state index in [0.717, 1.165) is 5.01 Å². The molecule has 2 aliphatic rings. The molecule has 37 heavy (non-hydrogen) atoms. The van der Waals surface area contributed by atoms with Crippen molar-refractivity contribution in [3.8, 4) is 5.75 Å². The Hall–Kier alpha value is -3.77. The van der Waals surface area contributed by atoms with Crippen molar-refractivity contribution in [2.75, 3.05) is 34.4 Å². The molecule has 1 fully saturated rings. The lowest BCUT2D eigenvalue weighted by molar-refractivity contribution is -0.161. The Balaban J connectivity index is 1.60. The minimum Gasteiger partial charge on any atom is -0.494 e. The molecule has 2 aromatic carbocycles. The molecule has 1 saturated heterocycles. The van der Waals surface area contributed by atoms with Gasteiger partial charge in [0.2, 0.25) is 11.8 Å². The molecule has 12 heteroatoms. The molecule has 9 nitrogen and oxygen atoms in total. The largest absolute Gasteiger partial charge is 0.494 e. The fourth-order valence-electron chi connectivity index (χ4n) is 4.57. The third-order valence-corrected chi connectivity index (χ3v) is 6.33. The number of aromatic nitrogens is 1. The molecule has 3 unspecified atom stereocenters. The van der Waals surface area contributed by atoms with Gasteiger partial charge in [0, 0.05) is 6.54 Å². The lowest BCUT2D eigenvalue weighted by Gasteiger charge is -2.34. The molecule has 0 saturated carbocycles. The first-order valence-electron chi connectivity index (χ1n) is 11.6. The number of para-hydroxylation sites is 1. The molecule has 5 rings (SSSR count). The van der Waals surface area contributed by atoms with Gasteiger partial charge in [-0.2, -0.15) is 13.2 Å². The van der Waals surface area contributed by atoms with Crippen molar-refractivity contribution >= 4 is 22.6 Å². The molecule has 0 radical (unpaired) electrons. The standard InChI is InChI=1S/C25H26F3N5O4/c1-32(2)12-13-36-22-18(23-29-19-15(35-3)10-7-11-16(19)37-23)24(34)33-21(30-22)17(14-8-5-4-6-9-14)20(31-33)25(26,27)28/h4-11,17,20-21,30-31H,12-13H2,1-3H3. The molecule has 2 aliphatic heterocycles. The summed E-state index contributed by atoms with van der Waals surface area (Å²) in [5.41, 5.74) is 3.43. The van der Waals surface area contributed by atoms with E-state index in [2.05, 4.69) is 15.7 Å². The summed E-state index contributed by atoms with van der Waals surface area (Å²) in [5.74, 6) is -1.55. The van der Waals surface area contributed by atoms with Gasteiger partial charge in [0.25, 0.3) is 5.91 Å². The minimum atomic E-state index is -4.63. The second-order valence-corrected chi connectivity index (χ2v) is 9.03. The number of benzene rings is 2. The van der Waals surface area contributed by atoms with Gasteiger partial charge in [0.1, 0.15) is 24.6 Å². The van der Waals surface area contributed by atoms with Crippen LogP contribution in [0.15, 0.2) is 58.8 Å². The van der Waals surface area contributed by atoms with Gasteiger partial charge in [0.05, 0.1) is 13.0 Å². The maximum Gasteiger partial charge on any atom is 0.406 e. The van der Waals surface area contributed by atoms with Gasteiger partial charge in [-0.3, -0.25) is 4.79 Å². The Morgan fingerprint density at radius 1 is 1.14 bits per heavy atom. The van der Waals surface area contributed by atoms with Crippen molar-refractivity contribution in [2.45, 2.75) is 24.3 Å². The van der Waals surface area contributed by atoms with E-state index in [1.54, 1.807) is 48.5 Å². The van der Waals surface area contributed by atoms with Gasteiger partial charge in [-0.1, -0.05) is 36.4 Å². The van der Waals surface area contributed by atoms with E-state index in [9.17, 15) is 18.0 Å². The number of nitrogens with one attached hydrogen (secondary N) is 2. The maximum absolute atomic E-state index is 14.2. The first-order chi connectivity index (χ1) is 17.7. The Labute approximate surface area is 210 Å². The third-order valence-electron chi connectivity index (χ3n) is 6.33. The van der Waals surface area contributed by atoms with Crippen LogP contribution in [-0.2, 0) is 9.53 Å². The van der Waals surface area contributed by atoms with Gasteiger partial charge in [-0.25, -0.2) is 15.4 Å². The third kappa shape index (κ3) is 4.58. The van der Waals surface area contributed by atoms with Crippen LogP contribution in [0.2, 0.25) is 0 Å². The molecular formula is C25H26F3N5O4. The molecule has 3 atom stereocenters. The SMILES string of the molecule is COc1cccc2oc(C3=C(OCCN(C)C)NC4C(c5ccccc5)C(C(F)(F)F)NN4C3=O)nc12. The van der Waals surface area contributed by atoms with Gasteiger partial charge in [-0.15, -0.1) is 0 Å². The van der Waals surface area contributed by atoms with Crippen LogP contribution in [0.5, 0.6) is 5.75 Å². The highest BCUT2D eigenvalue weighted by Crippen LogP contribution is 2.43. The average Bonchev–Trinajstić information content (AvgIpc) is 3.46. The summed E-state index contributed by atoms with van der Waals surface area (Å²) >= 11 is 0. The Bertz CT molecular complexity index is 1320. The summed E-state index contributed by atoms with van der Waals surface area (Å²) in [7, 11) is 5.19. The number of fused-ring (bicyclic) bond motifs is 2. The van der Waals surface area contributed by atoms with E-state index in [4.69, 9.17) is 13.9 Å². The monoisotopic (exact) mass is 517 g/mol. The first kappa shape index (κ1) is 24.9. The number of rotatable bonds is 7. The quantitative estimate of drug-likeness (QED) is 0.494. The normalized spacial score (nSPS) is 22.0. The van der Waals surface area contributed by atoms with Crippen LogP contribution >= 0.6 is 0 Å². The number of methoxy groups -OCH3 is 1. The van der Waals surface area contributed by atoms with E-state index < -0.39 is 30.2 Å². The molecular weight excluding hydrogens is 491 g/mol. The molecule has 0 spiro atoms. The van der Waals surface area contributed by atoms with E-state index in [1.165, 1.54) is 7.11 Å². The zero-order valence-electron chi connectivity index (χ0n) is 20.4. The highest BCUT2D eigenvalue weighted by atomic mass is 19.4. The number of hydrogen-bond acceptors (Lipinski definition) is 8. The molecule has 196 valence electrons. The van der Waals surface area contributed by atoms with Gasteiger partial charge in [-0.05, 0) is 31.8 Å². The summed E-state index contributed by atoms with van der Waals surface area (Å²) in [4.78, 5) is 20.1. The summed E-state index contributed by atoms with van der Waals surface area (Å²) in [6, 6.07) is 11.3. The first-order valence-corrected chi connectivity index (χ1v) is 11.6. The van der Waals surface area contributed by atoms with Gasteiger partial charge in [0.15, 0.2) is 16.7 Å². The number of likely N-dealkylation sites (N-methyl/N-ethyl adjacent to an activating group) is 1. The second-order valence-electron chi connectivity index (χ2n) is 9.03. The van der Waals surface area contributed by atoms with Crippen molar-refractivity contribution in [2.24, 2.45) is 0 Å². The van der Waals surface area contributed by atoms with E-state index in [-0.39, 0.29) is 24.0 Å². The minimum absolute atomic E-state index is 0.00387. The highest BCUT2D eigenvalue weighted by molar-refractivity contribution is 6.19. The van der Waals surface area contributed by atoms with E-state index >= 15 is 0 Å². The maximum atomic E-state index is 14.2. The topological polar surface area (TPSA) is 92.1 Å². The van der Waals surface area contributed by atoms with Crippen molar-refractivity contribution in [1.82, 2.24) is 25.6 Å². The van der Waals surface area contributed by atoms with E-state index in [0.29, 0.717) is 29.0 Å². The van der Waals surface area contributed by atoms with Crippen LogP contribution in [0, 0.1) is 0 Å². The van der Waals surface area contributed by atoms with Crippen LogP contribution in [0.3, 0.4) is 0 Å². The molecule has 3 aromatic rings. The lowest BCUT2D eigenvalue weighted by Crippen LogP contribution is -2.55. The molecule has 0 bridgehead atoms. The number of carbonyl (C=O) groups excluding carboxylic acids is 1. The molecule has 0 aliphatic carbocycles.